The quantitative estimate of drug-likeness (QED) is 0.732. The lowest BCUT2D eigenvalue weighted by Crippen LogP contribution is -2.55. The predicted molar refractivity (Wildman–Crippen MR) is 98.5 cm³/mol. The lowest BCUT2D eigenvalue weighted by Gasteiger charge is -2.56. The normalized spacial score (nSPS) is 33.0. The highest BCUT2D eigenvalue weighted by Gasteiger charge is 2.49. The Labute approximate surface area is 146 Å². The Balaban J connectivity index is 1.60. The van der Waals surface area contributed by atoms with E-state index in [1.165, 1.54) is 30.7 Å². The highest BCUT2D eigenvalue weighted by atomic mass is 16.5. The van der Waals surface area contributed by atoms with Crippen LogP contribution in [-0.2, 0) is 11.3 Å². The van der Waals surface area contributed by atoms with Crippen molar-refractivity contribution in [1.82, 2.24) is 4.90 Å². The number of hydrogen-bond donors (Lipinski definition) is 0. The summed E-state index contributed by atoms with van der Waals surface area (Å²) in [7, 11) is 1.82. The number of piperidine rings is 1. The largest absolute Gasteiger partial charge is 0.501 e. The van der Waals surface area contributed by atoms with Gasteiger partial charge in [0.1, 0.15) is 0 Å². The SMILES string of the molecule is COC1=CCC2=C(C1)[C@@]1(C)CCN(Cc3ccccc3)[C@@H](C2)[C@H]1C. The number of hydrogen-bond acceptors (Lipinski definition) is 2. The first-order valence-electron chi connectivity index (χ1n) is 9.34. The fraction of sp³-hybridized carbons (Fsp3) is 0.545. The van der Waals surface area contributed by atoms with E-state index in [0.29, 0.717) is 17.4 Å². The molecule has 128 valence electrons. The van der Waals surface area contributed by atoms with Gasteiger partial charge in [0.2, 0.25) is 0 Å². The van der Waals surface area contributed by atoms with Crippen LogP contribution in [0.25, 0.3) is 0 Å². The van der Waals surface area contributed by atoms with Crippen molar-refractivity contribution in [3.05, 3.63) is 58.9 Å². The van der Waals surface area contributed by atoms with Gasteiger partial charge in [0.15, 0.2) is 0 Å². The van der Waals surface area contributed by atoms with Crippen LogP contribution in [0.15, 0.2) is 53.3 Å². The van der Waals surface area contributed by atoms with Gasteiger partial charge < -0.3 is 4.74 Å². The molecule has 2 bridgehead atoms. The van der Waals surface area contributed by atoms with Gasteiger partial charge in [-0.1, -0.05) is 55.3 Å². The lowest BCUT2D eigenvalue weighted by atomic mass is 9.57. The van der Waals surface area contributed by atoms with E-state index in [0.717, 1.165) is 19.4 Å². The number of rotatable bonds is 3. The highest BCUT2D eigenvalue weighted by Crippen LogP contribution is 2.55. The summed E-state index contributed by atoms with van der Waals surface area (Å²) in [5, 5.41) is 0. The van der Waals surface area contributed by atoms with Crippen LogP contribution in [0.2, 0.25) is 0 Å². The van der Waals surface area contributed by atoms with E-state index >= 15 is 0 Å². The topological polar surface area (TPSA) is 12.5 Å². The van der Waals surface area contributed by atoms with Crippen LogP contribution in [0.3, 0.4) is 0 Å². The van der Waals surface area contributed by atoms with E-state index in [-0.39, 0.29) is 0 Å². The number of nitrogens with zero attached hydrogens (tertiary/aromatic N) is 1. The molecule has 0 N–H and O–H groups in total. The monoisotopic (exact) mass is 323 g/mol. The summed E-state index contributed by atoms with van der Waals surface area (Å²) < 4.78 is 5.57. The Bertz CT molecular complexity index is 674. The standard InChI is InChI=1S/C22H29NO/c1-16-21-13-18-9-10-19(24-3)14-20(18)22(16,2)11-12-23(21)15-17-7-5-4-6-8-17/h4-8,10,16,21H,9,11-15H2,1-3H3/t16-,21+,22+/m1/s1. The van der Waals surface area contributed by atoms with Crippen LogP contribution >= 0.6 is 0 Å². The van der Waals surface area contributed by atoms with E-state index in [4.69, 9.17) is 4.74 Å². The second-order valence-electron chi connectivity index (χ2n) is 8.02. The summed E-state index contributed by atoms with van der Waals surface area (Å²) in [6.45, 7) is 7.30. The number of methoxy groups -OCH3 is 1. The molecule has 0 unspecified atom stereocenters. The number of benzene rings is 1. The summed E-state index contributed by atoms with van der Waals surface area (Å²) in [6, 6.07) is 11.6. The summed E-state index contributed by atoms with van der Waals surface area (Å²) in [5.74, 6) is 1.89. The first-order chi connectivity index (χ1) is 11.6. The minimum absolute atomic E-state index is 0.351. The zero-order valence-corrected chi connectivity index (χ0v) is 15.2. The summed E-state index contributed by atoms with van der Waals surface area (Å²) in [5.41, 5.74) is 5.19. The Morgan fingerprint density at radius 2 is 2.04 bits per heavy atom. The third kappa shape index (κ3) is 2.52. The van der Waals surface area contributed by atoms with E-state index < -0.39 is 0 Å². The van der Waals surface area contributed by atoms with Crippen LogP contribution in [0.5, 0.6) is 0 Å². The zero-order valence-electron chi connectivity index (χ0n) is 15.2. The van der Waals surface area contributed by atoms with Crippen LogP contribution in [-0.4, -0.2) is 24.6 Å². The molecule has 3 aliphatic rings. The van der Waals surface area contributed by atoms with Gasteiger partial charge in [-0.15, -0.1) is 0 Å². The third-order valence-corrected chi connectivity index (χ3v) is 6.96. The number of fused-ring (bicyclic) bond motifs is 3. The molecule has 4 rings (SSSR count). The fourth-order valence-corrected chi connectivity index (χ4v) is 5.21. The molecule has 2 heteroatoms. The summed E-state index contributed by atoms with van der Waals surface area (Å²) in [6.07, 6.45) is 6.95. The van der Waals surface area contributed by atoms with Gasteiger partial charge in [-0.05, 0) is 48.8 Å². The molecule has 1 aromatic rings. The molecule has 1 fully saturated rings. The second-order valence-corrected chi connectivity index (χ2v) is 8.02. The van der Waals surface area contributed by atoms with E-state index in [2.05, 4.69) is 55.2 Å². The minimum Gasteiger partial charge on any atom is -0.501 e. The van der Waals surface area contributed by atoms with E-state index in [1.807, 2.05) is 7.11 Å². The Morgan fingerprint density at radius 3 is 2.79 bits per heavy atom. The van der Waals surface area contributed by atoms with Gasteiger partial charge in [-0.2, -0.15) is 0 Å². The van der Waals surface area contributed by atoms with Crippen molar-refractivity contribution < 1.29 is 4.74 Å². The molecule has 3 atom stereocenters. The Hall–Kier alpha value is -1.54. The van der Waals surface area contributed by atoms with Gasteiger partial charge >= 0.3 is 0 Å². The van der Waals surface area contributed by atoms with Crippen LogP contribution in [0, 0.1) is 11.3 Å². The average Bonchev–Trinajstić information content (AvgIpc) is 2.61. The molecule has 2 nitrogen and oxygen atoms in total. The zero-order chi connectivity index (χ0) is 16.7. The van der Waals surface area contributed by atoms with Crippen molar-refractivity contribution in [2.24, 2.45) is 11.3 Å². The molecule has 24 heavy (non-hydrogen) atoms. The Kier molecular flexibility index (Phi) is 4.04. The number of likely N-dealkylation sites (tertiary alicyclic amines) is 1. The van der Waals surface area contributed by atoms with E-state index in [9.17, 15) is 0 Å². The van der Waals surface area contributed by atoms with Gasteiger partial charge in [-0.3, -0.25) is 4.90 Å². The molecule has 0 spiro atoms. The maximum absolute atomic E-state index is 5.57. The van der Waals surface area contributed by atoms with Gasteiger partial charge in [0.25, 0.3) is 0 Å². The van der Waals surface area contributed by atoms with Crippen molar-refractivity contribution >= 4 is 0 Å². The molecular formula is C22H29NO. The number of allylic oxidation sites excluding steroid dienone is 2. The molecule has 1 aromatic carbocycles. The van der Waals surface area contributed by atoms with Crippen molar-refractivity contribution in [3.63, 3.8) is 0 Å². The van der Waals surface area contributed by atoms with Crippen LogP contribution in [0.4, 0.5) is 0 Å². The van der Waals surface area contributed by atoms with Gasteiger partial charge in [0.05, 0.1) is 12.9 Å². The fourth-order valence-electron chi connectivity index (χ4n) is 5.21. The van der Waals surface area contributed by atoms with E-state index in [1.54, 1.807) is 11.1 Å². The molecule has 0 saturated carbocycles. The molecule has 0 aromatic heterocycles. The Morgan fingerprint density at radius 1 is 1.25 bits per heavy atom. The van der Waals surface area contributed by atoms with Crippen molar-refractivity contribution in [2.75, 3.05) is 13.7 Å². The first kappa shape index (κ1) is 16.0. The highest BCUT2D eigenvalue weighted by molar-refractivity contribution is 5.37. The maximum Gasteiger partial charge on any atom is 0.0959 e. The average molecular weight is 323 g/mol. The molecule has 2 aliphatic carbocycles. The van der Waals surface area contributed by atoms with Crippen LogP contribution < -0.4 is 0 Å². The van der Waals surface area contributed by atoms with Crippen molar-refractivity contribution in [1.29, 1.82) is 0 Å². The predicted octanol–water partition coefficient (Wildman–Crippen LogP) is 4.93. The molecular weight excluding hydrogens is 294 g/mol. The maximum atomic E-state index is 5.57. The molecule has 1 saturated heterocycles. The second kappa shape index (κ2) is 6.07. The molecule has 1 aliphatic heterocycles. The molecule has 0 radical (unpaired) electrons. The molecule has 0 amide bonds. The smallest absolute Gasteiger partial charge is 0.0959 e. The van der Waals surface area contributed by atoms with Crippen molar-refractivity contribution in [2.45, 2.75) is 52.1 Å². The van der Waals surface area contributed by atoms with Gasteiger partial charge in [0, 0.05) is 19.0 Å². The van der Waals surface area contributed by atoms with Gasteiger partial charge in [-0.25, -0.2) is 0 Å². The first-order valence-corrected chi connectivity index (χ1v) is 9.34. The lowest BCUT2D eigenvalue weighted by molar-refractivity contribution is 0.000597. The van der Waals surface area contributed by atoms with Crippen LogP contribution in [0.1, 0.15) is 45.1 Å². The third-order valence-electron chi connectivity index (χ3n) is 6.96. The number of ether oxygens (including phenoxy) is 1. The van der Waals surface area contributed by atoms with Crippen molar-refractivity contribution in [3.8, 4) is 0 Å². The molecule has 1 heterocycles. The minimum atomic E-state index is 0.351. The summed E-state index contributed by atoms with van der Waals surface area (Å²) in [4.78, 5) is 2.74. The summed E-state index contributed by atoms with van der Waals surface area (Å²) >= 11 is 0.